The van der Waals surface area contributed by atoms with Crippen molar-refractivity contribution in [2.24, 2.45) is 5.92 Å². The first-order valence-corrected chi connectivity index (χ1v) is 11.0. The number of hydrogen-bond acceptors (Lipinski definition) is 5. The van der Waals surface area contributed by atoms with E-state index in [2.05, 4.69) is 30.7 Å². The maximum Gasteiger partial charge on any atom is 0.255 e. The van der Waals surface area contributed by atoms with E-state index >= 15 is 0 Å². The molecular formula is C23H24F3N7O. The van der Waals surface area contributed by atoms with Gasteiger partial charge in [-0.3, -0.25) is 4.79 Å². The predicted octanol–water partition coefficient (Wildman–Crippen LogP) is 4.21. The first-order valence-electron chi connectivity index (χ1n) is 11.0. The summed E-state index contributed by atoms with van der Waals surface area (Å²) in [4.78, 5) is 24.5. The van der Waals surface area contributed by atoms with Gasteiger partial charge in [0.25, 0.3) is 5.91 Å². The van der Waals surface area contributed by atoms with Crippen molar-refractivity contribution < 1.29 is 18.0 Å². The standard InChI is InChI=1S/C23H24F3N7O/c1-22(2,24)12-30-21-29-10-16-15(9-27-19(16)32-21)14-3-4-33-18(5-14)17(11-31-33)20(34)28-8-13-6-23(25,26)7-13/h3-5,9-11,13H,6-8,12H2,1-2H3,(H,28,34)(H2,27,29,30,32). The summed E-state index contributed by atoms with van der Waals surface area (Å²) in [5.41, 5.74) is 1.80. The minimum absolute atomic E-state index is 0.0813. The number of nitrogens with zero attached hydrogens (tertiary/aromatic N) is 4. The summed E-state index contributed by atoms with van der Waals surface area (Å²) < 4.78 is 41.4. The van der Waals surface area contributed by atoms with Crippen LogP contribution in [0.2, 0.25) is 0 Å². The highest BCUT2D eigenvalue weighted by molar-refractivity contribution is 6.02. The van der Waals surface area contributed by atoms with Gasteiger partial charge < -0.3 is 15.6 Å². The van der Waals surface area contributed by atoms with Gasteiger partial charge in [-0.05, 0) is 37.5 Å². The largest absolute Gasteiger partial charge is 0.352 e. The molecule has 11 heteroatoms. The molecule has 4 heterocycles. The molecule has 0 spiro atoms. The van der Waals surface area contributed by atoms with Crippen molar-refractivity contribution in [2.75, 3.05) is 18.4 Å². The number of rotatable bonds is 7. The molecule has 8 nitrogen and oxygen atoms in total. The van der Waals surface area contributed by atoms with E-state index in [-0.39, 0.29) is 37.8 Å². The quantitative estimate of drug-likeness (QED) is 0.375. The maximum atomic E-state index is 13.8. The molecule has 1 amide bonds. The van der Waals surface area contributed by atoms with Crippen LogP contribution >= 0.6 is 0 Å². The smallest absolute Gasteiger partial charge is 0.255 e. The second-order valence-electron chi connectivity index (χ2n) is 9.37. The number of alkyl halides is 3. The number of anilines is 1. The first-order chi connectivity index (χ1) is 16.1. The number of halogens is 3. The lowest BCUT2D eigenvalue weighted by Crippen LogP contribution is -2.42. The van der Waals surface area contributed by atoms with Crippen molar-refractivity contribution >= 4 is 28.4 Å². The van der Waals surface area contributed by atoms with E-state index in [0.29, 0.717) is 22.7 Å². The molecule has 1 aliphatic carbocycles. The molecule has 4 aromatic heterocycles. The Morgan fingerprint density at radius 1 is 1.32 bits per heavy atom. The molecule has 0 aromatic carbocycles. The normalized spacial score (nSPS) is 16.0. The zero-order valence-corrected chi connectivity index (χ0v) is 18.7. The van der Waals surface area contributed by atoms with Crippen molar-refractivity contribution in [1.82, 2.24) is 29.9 Å². The molecule has 1 fully saturated rings. The van der Waals surface area contributed by atoms with Crippen LogP contribution in [0.5, 0.6) is 0 Å². The maximum absolute atomic E-state index is 13.8. The Morgan fingerprint density at radius 3 is 2.85 bits per heavy atom. The van der Waals surface area contributed by atoms with Gasteiger partial charge in [-0.2, -0.15) is 10.1 Å². The number of amides is 1. The summed E-state index contributed by atoms with van der Waals surface area (Å²) >= 11 is 0. The average molecular weight is 471 g/mol. The summed E-state index contributed by atoms with van der Waals surface area (Å²) in [7, 11) is 0. The van der Waals surface area contributed by atoms with Gasteiger partial charge in [0.05, 0.1) is 23.8 Å². The highest BCUT2D eigenvalue weighted by Crippen LogP contribution is 2.41. The number of aromatic nitrogens is 5. The molecular weight excluding hydrogens is 447 g/mol. The lowest BCUT2D eigenvalue weighted by atomic mass is 9.81. The number of nitrogens with one attached hydrogen (secondary N) is 3. The molecule has 0 aliphatic heterocycles. The van der Waals surface area contributed by atoms with Crippen LogP contribution in [0, 0.1) is 5.92 Å². The first kappa shape index (κ1) is 22.2. The third-order valence-electron chi connectivity index (χ3n) is 5.90. The van der Waals surface area contributed by atoms with Crippen LogP contribution in [0.1, 0.15) is 37.0 Å². The number of fused-ring (bicyclic) bond motifs is 2. The number of carbonyl (C=O) groups is 1. The van der Waals surface area contributed by atoms with Crippen molar-refractivity contribution in [3.05, 3.63) is 42.5 Å². The van der Waals surface area contributed by atoms with Gasteiger partial charge in [-0.1, -0.05) is 0 Å². The molecule has 34 heavy (non-hydrogen) atoms. The zero-order chi connectivity index (χ0) is 24.1. The number of aromatic amines is 1. The fraction of sp³-hybridized carbons (Fsp3) is 0.391. The zero-order valence-electron chi connectivity index (χ0n) is 18.7. The van der Waals surface area contributed by atoms with E-state index in [1.807, 2.05) is 12.1 Å². The minimum atomic E-state index is -2.61. The van der Waals surface area contributed by atoms with Crippen LogP contribution < -0.4 is 10.6 Å². The molecule has 5 rings (SSSR count). The Kier molecular flexibility index (Phi) is 5.22. The van der Waals surface area contributed by atoms with Crippen molar-refractivity contribution in [1.29, 1.82) is 0 Å². The second kappa shape index (κ2) is 8.00. The fourth-order valence-electron chi connectivity index (χ4n) is 4.11. The summed E-state index contributed by atoms with van der Waals surface area (Å²) in [6, 6.07) is 3.69. The van der Waals surface area contributed by atoms with Crippen LogP contribution in [0.15, 0.2) is 36.9 Å². The number of H-pyrrole nitrogens is 1. The Hall–Kier alpha value is -3.63. The van der Waals surface area contributed by atoms with Crippen LogP contribution in [-0.2, 0) is 0 Å². The van der Waals surface area contributed by atoms with Crippen LogP contribution in [-0.4, -0.2) is 55.2 Å². The average Bonchev–Trinajstić information content (AvgIpc) is 3.37. The number of hydrogen-bond donors (Lipinski definition) is 3. The van der Waals surface area contributed by atoms with Crippen molar-refractivity contribution in [3.8, 4) is 11.1 Å². The summed E-state index contributed by atoms with van der Waals surface area (Å²) in [6.07, 6.45) is 6.26. The van der Waals surface area contributed by atoms with E-state index in [4.69, 9.17) is 0 Å². The number of carbonyl (C=O) groups excluding carboxylic acids is 1. The molecule has 4 aromatic rings. The van der Waals surface area contributed by atoms with Gasteiger partial charge in [0.15, 0.2) is 0 Å². The summed E-state index contributed by atoms with van der Waals surface area (Å²) in [5.74, 6) is -2.85. The molecule has 0 unspecified atom stereocenters. The molecule has 178 valence electrons. The van der Waals surface area contributed by atoms with Gasteiger partial charge in [0.1, 0.15) is 11.3 Å². The third-order valence-corrected chi connectivity index (χ3v) is 5.90. The Labute approximate surface area is 193 Å². The predicted molar refractivity (Wildman–Crippen MR) is 122 cm³/mol. The van der Waals surface area contributed by atoms with E-state index in [1.54, 1.807) is 23.1 Å². The highest BCUT2D eigenvalue weighted by atomic mass is 19.3. The van der Waals surface area contributed by atoms with Crippen LogP contribution in [0.4, 0.5) is 19.1 Å². The topological polar surface area (TPSA) is 100 Å². The van der Waals surface area contributed by atoms with Crippen molar-refractivity contribution in [2.45, 2.75) is 38.3 Å². The van der Waals surface area contributed by atoms with Crippen LogP contribution in [0.3, 0.4) is 0 Å². The lowest BCUT2D eigenvalue weighted by Gasteiger charge is -2.34. The van der Waals surface area contributed by atoms with Gasteiger partial charge in [0, 0.05) is 48.9 Å². The summed E-state index contributed by atoms with van der Waals surface area (Å²) in [6.45, 7) is 3.23. The van der Waals surface area contributed by atoms with E-state index < -0.39 is 11.6 Å². The molecule has 0 bridgehead atoms. The molecule has 0 saturated heterocycles. The second-order valence-corrected chi connectivity index (χ2v) is 9.37. The molecule has 0 radical (unpaired) electrons. The Bertz CT molecular complexity index is 1360. The summed E-state index contributed by atoms with van der Waals surface area (Å²) in [5, 5.41) is 10.6. The lowest BCUT2D eigenvalue weighted by molar-refractivity contribution is -0.108. The SMILES string of the molecule is CC(C)(F)CNc1ncc2c(-c3ccn4ncc(C(=O)NCC5CC(F)(F)C5)c4c3)c[nH]c2n1. The monoisotopic (exact) mass is 471 g/mol. The third kappa shape index (κ3) is 4.42. The minimum Gasteiger partial charge on any atom is -0.352 e. The van der Waals surface area contributed by atoms with Gasteiger partial charge >= 0.3 is 0 Å². The van der Waals surface area contributed by atoms with E-state index in [9.17, 15) is 18.0 Å². The van der Waals surface area contributed by atoms with E-state index in [0.717, 1.165) is 16.5 Å². The van der Waals surface area contributed by atoms with Crippen LogP contribution in [0.25, 0.3) is 27.7 Å². The van der Waals surface area contributed by atoms with E-state index in [1.165, 1.54) is 20.0 Å². The van der Waals surface area contributed by atoms with Gasteiger partial charge in [-0.15, -0.1) is 0 Å². The van der Waals surface area contributed by atoms with Crippen molar-refractivity contribution in [3.63, 3.8) is 0 Å². The molecule has 1 aliphatic rings. The fourth-order valence-corrected chi connectivity index (χ4v) is 4.11. The molecule has 0 atom stereocenters. The van der Waals surface area contributed by atoms with Gasteiger partial charge in [0.2, 0.25) is 11.9 Å². The Morgan fingerprint density at radius 2 is 2.12 bits per heavy atom. The molecule has 3 N–H and O–H groups in total. The Balaban J connectivity index is 1.37. The number of pyridine rings is 1. The molecule has 1 saturated carbocycles. The van der Waals surface area contributed by atoms with Gasteiger partial charge in [-0.25, -0.2) is 22.7 Å². The highest BCUT2D eigenvalue weighted by Gasteiger charge is 2.45.